The number of carbonyl (C=O) groups is 2. The molecule has 0 unspecified atom stereocenters. The Morgan fingerprint density at radius 1 is 1.00 bits per heavy atom. The molecule has 5 nitrogen and oxygen atoms in total. The summed E-state index contributed by atoms with van der Waals surface area (Å²) in [5.41, 5.74) is 0. The van der Waals surface area contributed by atoms with Crippen LogP contribution in [0.5, 0.6) is 0 Å². The SMILES string of the molecule is C1=CCCCC1.O=C(O)OC(=O)O. The lowest BCUT2D eigenvalue weighted by molar-refractivity contribution is 0.0802. The summed E-state index contributed by atoms with van der Waals surface area (Å²) in [5.74, 6) is 0. The van der Waals surface area contributed by atoms with E-state index in [2.05, 4.69) is 16.9 Å². The molecule has 2 N–H and O–H groups in total. The van der Waals surface area contributed by atoms with E-state index in [4.69, 9.17) is 10.2 Å². The van der Waals surface area contributed by atoms with Crippen molar-refractivity contribution in [3.05, 3.63) is 12.2 Å². The molecule has 0 aromatic heterocycles. The Morgan fingerprint density at radius 2 is 1.38 bits per heavy atom. The maximum Gasteiger partial charge on any atom is 0.516 e. The van der Waals surface area contributed by atoms with Gasteiger partial charge in [-0.15, -0.1) is 0 Å². The van der Waals surface area contributed by atoms with Gasteiger partial charge in [0, 0.05) is 0 Å². The first-order chi connectivity index (χ1) is 6.13. The zero-order chi connectivity index (χ0) is 10.1. The van der Waals surface area contributed by atoms with Crippen molar-refractivity contribution in [2.45, 2.75) is 25.7 Å². The molecule has 0 radical (unpaired) electrons. The molecule has 13 heavy (non-hydrogen) atoms. The van der Waals surface area contributed by atoms with E-state index in [0.717, 1.165) is 0 Å². The fourth-order valence-electron chi connectivity index (χ4n) is 0.835. The topological polar surface area (TPSA) is 83.8 Å². The van der Waals surface area contributed by atoms with Crippen LogP contribution in [0.25, 0.3) is 0 Å². The van der Waals surface area contributed by atoms with Crippen LogP contribution in [0.2, 0.25) is 0 Å². The molecule has 0 heterocycles. The van der Waals surface area contributed by atoms with Gasteiger partial charge in [-0.1, -0.05) is 12.2 Å². The highest BCUT2D eigenvalue weighted by atomic mass is 16.7. The predicted octanol–water partition coefficient (Wildman–Crippen LogP) is 2.48. The molecule has 0 saturated heterocycles. The Labute approximate surface area is 75.6 Å². The van der Waals surface area contributed by atoms with Crippen molar-refractivity contribution >= 4 is 12.3 Å². The van der Waals surface area contributed by atoms with Gasteiger partial charge in [0.1, 0.15) is 0 Å². The number of hydrogen-bond donors (Lipinski definition) is 2. The van der Waals surface area contributed by atoms with Gasteiger partial charge < -0.3 is 14.9 Å². The summed E-state index contributed by atoms with van der Waals surface area (Å²) in [4.78, 5) is 18.4. The van der Waals surface area contributed by atoms with E-state index in [1.807, 2.05) is 0 Å². The molecule has 0 aliphatic heterocycles. The molecule has 1 aliphatic rings. The van der Waals surface area contributed by atoms with Crippen molar-refractivity contribution in [1.82, 2.24) is 0 Å². The average molecular weight is 188 g/mol. The second-order valence-corrected chi connectivity index (χ2v) is 2.39. The van der Waals surface area contributed by atoms with Gasteiger partial charge in [0.15, 0.2) is 0 Å². The number of hydrogen-bond acceptors (Lipinski definition) is 3. The molecule has 0 atom stereocenters. The minimum atomic E-state index is -1.81. The lowest BCUT2D eigenvalue weighted by atomic mass is 10.1. The molecular weight excluding hydrogens is 176 g/mol. The van der Waals surface area contributed by atoms with E-state index in [1.54, 1.807) is 0 Å². The smallest absolute Gasteiger partial charge is 0.449 e. The van der Waals surface area contributed by atoms with Gasteiger partial charge in [-0.25, -0.2) is 9.59 Å². The molecule has 0 fully saturated rings. The van der Waals surface area contributed by atoms with E-state index in [-0.39, 0.29) is 0 Å². The van der Waals surface area contributed by atoms with Crippen molar-refractivity contribution < 1.29 is 24.5 Å². The molecule has 0 amide bonds. The van der Waals surface area contributed by atoms with Crippen LogP contribution in [0.1, 0.15) is 25.7 Å². The molecule has 0 spiro atoms. The zero-order valence-electron chi connectivity index (χ0n) is 7.10. The standard InChI is InChI=1S/C6H10.C2H2O5/c1-2-4-6-5-3-1;3-1(4)7-2(5)6/h1-2H,3-6H2;(H,3,4)(H,5,6). The van der Waals surface area contributed by atoms with Gasteiger partial charge >= 0.3 is 12.3 Å². The molecular formula is C8H12O5. The van der Waals surface area contributed by atoms with E-state index in [9.17, 15) is 9.59 Å². The number of carboxylic acid groups (broad SMARTS) is 2. The van der Waals surface area contributed by atoms with Crippen LogP contribution in [-0.4, -0.2) is 22.5 Å². The fourth-order valence-corrected chi connectivity index (χ4v) is 0.835. The quantitative estimate of drug-likeness (QED) is 0.346. The molecule has 1 rings (SSSR count). The summed E-state index contributed by atoms with van der Waals surface area (Å²) in [6.45, 7) is 0. The third kappa shape index (κ3) is 10.5. The Morgan fingerprint density at radius 3 is 1.46 bits per heavy atom. The van der Waals surface area contributed by atoms with Crippen LogP contribution in [-0.2, 0) is 4.74 Å². The van der Waals surface area contributed by atoms with Crippen LogP contribution in [0.3, 0.4) is 0 Å². The van der Waals surface area contributed by atoms with E-state index < -0.39 is 12.3 Å². The molecule has 5 heteroatoms. The van der Waals surface area contributed by atoms with Crippen LogP contribution in [0.15, 0.2) is 12.2 Å². The van der Waals surface area contributed by atoms with Crippen LogP contribution >= 0.6 is 0 Å². The largest absolute Gasteiger partial charge is 0.516 e. The van der Waals surface area contributed by atoms with Crippen molar-refractivity contribution in [3.63, 3.8) is 0 Å². The van der Waals surface area contributed by atoms with Gasteiger partial charge in [-0.05, 0) is 25.7 Å². The monoisotopic (exact) mass is 188 g/mol. The summed E-state index contributed by atoms with van der Waals surface area (Å²) >= 11 is 0. The maximum atomic E-state index is 9.21. The van der Waals surface area contributed by atoms with E-state index >= 15 is 0 Å². The highest BCUT2D eigenvalue weighted by molar-refractivity contribution is 5.74. The predicted molar refractivity (Wildman–Crippen MR) is 44.7 cm³/mol. The average Bonchev–Trinajstić information content (AvgIpc) is 2.06. The lowest BCUT2D eigenvalue weighted by Gasteiger charge is -1.97. The molecule has 1 aliphatic carbocycles. The summed E-state index contributed by atoms with van der Waals surface area (Å²) in [6, 6.07) is 0. The first-order valence-electron chi connectivity index (χ1n) is 3.91. The Balaban J connectivity index is 0.000000223. The summed E-state index contributed by atoms with van der Waals surface area (Å²) in [5, 5.41) is 15.0. The highest BCUT2D eigenvalue weighted by Gasteiger charge is 2.01. The maximum absolute atomic E-state index is 9.21. The van der Waals surface area contributed by atoms with Crippen LogP contribution < -0.4 is 0 Å². The van der Waals surface area contributed by atoms with E-state index in [1.165, 1.54) is 25.7 Å². The van der Waals surface area contributed by atoms with Crippen molar-refractivity contribution in [2.75, 3.05) is 0 Å². The fraction of sp³-hybridized carbons (Fsp3) is 0.500. The Hall–Kier alpha value is -1.52. The first-order valence-corrected chi connectivity index (χ1v) is 3.91. The Kier molecular flexibility index (Phi) is 6.31. The molecule has 0 aromatic carbocycles. The third-order valence-corrected chi connectivity index (χ3v) is 1.33. The minimum Gasteiger partial charge on any atom is -0.449 e. The number of ether oxygens (including phenoxy) is 1. The summed E-state index contributed by atoms with van der Waals surface area (Å²) in [7, 11) is 0. The Bertz CT molecular complexity index is 177. The highest BCUT2D eigenvalue weighted by Crippen LogP contribution is 2.07. The van der Waals surface area contributed by atoms with Crippen molar-refractivity contribution in [2.24, 2.45) is 0 Å². The number of rotatable bonds is 0. The van der Waals surface area contributed by atoms with Crippen molar-refractivity contribution in [1.29, 1.82) is 0 Å². The summed E-state index contributed by atoms with van der Waals surface area (Å²) in [6.07, 6.45) is 6.38. The second kappa shape index (κ2) is 7.15. The van der Waals surface area contributed by atoms with Gasteiger partial charge in [-0.3, -0.25) is 0 Å². The van der Waals surface area contributed by atoms with Gasteiger partial charge in [-0.2, -0.15) is 0 Å². The van der Waals surface area contributed by atoms with Crippen LogP contribution in [0.4, 0.5) is 9.59 Å². The van der Waals surface area contributed by atoms with Crippen molar-refractivity contribution in [3.8, 4) is 0 Å². The molecule has 0 saturated carbocycles. The molecule has 0 bridgehead atoms. The van der Waals surface area contributed by atoms with Crippen LogP contribution in [0, 0.1) is 0 Å². The van der Waals surface area contributed by atoms with Gasteiger partial charge in [0.05, 0.1) is 0 Å². The third-order valence-electron chi connectivity index (χ3n) is 1.33. The first kappa shape index (κ1) is 11.5. The number of allylic oxidation sites excluding steroid dienone is 2. The lowest BCUT2D eigenvalue weighted by Crippen LogP contribution is -2.05. The molecule has 0 aromatic rings. The zero-order valence-corrected chi connectivity index (χ0v) is 7.10. The summed E-state index contributed by atoms with van der Waals surface area (Å²) < 4.78 is 3.08. The van der Waals surface area contributed by atoms with Gasteiger partial charge in [0.25, 0.3) is 0 Å². The minimum absolute atomic E-state index is 1.32. The van der Waals surface area contributed by atoms with Gasteiger partial charge in [0.2, 0.25) is 0 Å². The van der Waals surface area contributed by atoms with E-state index in [0.29, 0.717) is 0 Å². The normalized spacial score (nSPS) is 13.8. The molecule has 74 valence electrons. The second-order valence-electron chi connectivity index (χ2n) is 2.39.